The molecular formula is C14H18N2O3. The van der Waals surface area contributed by atoms with Crippen LogP contribution in [0.3, 0.4) is 0 Å². The second kappa shape index (κ2) is 5.86. The summed E-state index contributed by atoms with van der Waals surface area (Å²) in [5.41, 5.74) is 2.30. The molecule has 1 unspecified atom stereocenters. The van der Waals surface area contributed by atoms with Crippen LogP contribution in [0, 0.1) is 0 Å². The Labute approximate surface area is 111 Å². The summed E-state index contributed by atoms with van der Waals surface area (Å²) in [5.74, 6) is -0.987. The largest absolute Gasteiger partial charge is 0.481 e. The van der Waals surface area contributed by atoms with Crippen LogP contribution < -0.4 is 5.32 Å². The van der Waals surface area contributed by atoms with Crippen LogP contribution in [0.15, 0.2) is 30.5 Å². The third-order valence-electron chi connectivity index (χ3n) is 3.09. The molecule has 0 bridgehead atoms. The van der Waals surface area contributed by atoms with Crippen LogP contribution in [-0.4, -0.2) is 33.4 Å². The number of nitrogens with one attached hydrogen (secondary N) is 1. The Hall–Kier alpha value is -1.85. The molecule has 102 valence electrons. The fourth-order valence-corrected chi connectivity index (χ4v) is 2.21. The summed E-state index contributed by atoms with van der Waals surface area (Å²) in [6.07, 6.45) is 0.955. The Kier molecular flexibility index (Phi) is 4.19. The zero-order valence-corrected chi connectivity index (χ0v) is 10.8. The highest BCUT2D eigenvalue weighted by Gasteiger charge is 2.10. The highest BCUT2D eigenvalue weighted by molar-refractivity contribution is 5.83. The van der Waals surface area contributed by atoms with Crippen molar-refractivity contribution in [1.29, 1.82) is 0 Å². The molecular weight excluding hydrogens is 244 g/mol. The monoisotopic (exact) mass is 262 g/mol. The minimum Gasteiger partial charge on any atom is -0.481 e. The van der Waals surface area contributed by atoms with E-state index in [1.807, 2.05) is 25.4 Å². The number of aryl methyl sites for hydroxylation is 1. The number of carbonyl (C=O) groups is 1. The molecule has 5 heteroatoms. The minimum atomic E-state index is -0.987. The zero-order chi connectivity index (χ0) is 13.8. The smallest absolute Gasteiger partial charge is 0.306 e. The van der Waals surface area contributed by atoms with E-state index in [0.717, 1.165) is 11.1 Å². The van der Waals surface area contributed by atoms with Crippen molar-refractivity contribution in [2.24, 2.45) is 7.05 Å². The van der Waals surface area contributed by atoms with Crippen molar-refractivity contribution < 1.29 is 15.0 Å². The van der Waals surface area contributed by atoms with E-state index in [4.69, 9.17) is 5.11 Å². The van der Waals surface area contributed by atoms with Gasteiger partial charge in [-0.25, -0.2) is 0 Å². The summed E-state index contributed by atoms with van der Waals surface area (Å²) in [6, 6.07) is 8.10. The number of carboxylic acid groups (broad SMARTS) is 1. The summed E-state index contributed by atoms with van der Waals surface area (Å²) in [6.45, 7) is 0.882. The van der Waals surface area contributed by atoms with E-state index in [1.54, 1.807) is 0 Å². The minimum absolute atomic E-state index is 0.234. The van der Waals surface area contributed by atoms with Crippen LogP contribution in [-0.2, 0) is 18.4 Å². The number of nitrogens with zero attached hydrogens (tertiary/aromatic N) is 1. The molecule has 2 aromatic rings. The molecule has 1 atom stereocenters. The van der Waals surface area contributed by atoms with Gasteiger partial charge >= 0.3 is 5.97 Å². The molecule has 0 amide bonds. The van der Waals surface area contributed by atoms with Gasteiger partial charge in [-0.05, 0) is 11.6 Å². The van der Waals surface area contributed by atoms with E-state index in [9.17, 15) is 9.90 Å². The van der Waals surface area contributed by atoms with Crippen molar-refractivity contribution in [3.05, 3.63) is 36.0 Å². The predicted molar refractivity (Wildman–Crippen MR) is 72.9 cm³/mol. The molecule has 3 N–H and O–H groups in total. The van der Waals surface area contributed by atoms with Gasteiger partial charge in [0.05, 0.1) is 12.5 Å². The number of aliphatic hydroxyl groups is 1. The Bertz CT molecular complexity index is 577. The van der Waals surface area contributed by atoms with Gasteiger partial charge in [0.25, 0.3) is 0 Å². The number of hydrogen-bond acceptors (Lipinski definition) is 3. The maximum atomic E-state index is 10.4. The Balaban J connectivity index is 1.97. The van der Waals surface area contributed by atoms with Crippen molar-refractivity contribution >= 4 is 16.9 Å². The lowest BCUT2D eigenvalue weighted by Gasteiger charge is -2.08. The molecule has 1 aromatic carbocycles. The van der Waals surface area contributed by atoms with Crippen LogP contribution in [0.4, 0.5) is 0 Å². The number of carboxylic acids is 1. The summed E-state index contributed by atoms with van der Waals surface area (Å²) in [4.78, 5) is 10.4. The molecule has 0 saturated heterocycles. The third kappa shape index (κ3) is 3.33. The van der Waals surface area contributed by atoms with Crippen molar-refractivity contribution in [2.75, 3.05) is 6.54 Å². The van der Waals surface area contributed by atoms with E-state index in [0.29, 0.717) is 6.54 Å². The number of benzene rings is 1. The first-order valence-corrected chi connectivity index (χ1v) is 6.21. The number of aliphatic carboxylic acids is 1. The van der Waals surface area contributed by atoms with Gasteiger partial charge in [-0.3, -0.25) is 4.79 Å². The molecule has 19 heavy (non-hydrogen) atoms. The highest BCUT2D eigenvalue weighted by atomic mass is 16.4. The normalized spacial score (nSPS) is 12.7. The summed E-state index contributed by atoms with van der Waals surface area (Å²) in [5, 5.41) is 22.3. The number of fused-ring (bicyclic) bond motifs is 1. The molecule has 2 rings (SSSR count). The number of rotatable bonds is 6. The summed E-state index contributed by atoms with van der Waals surface area (Å²) in [7, 11) is 1.99. The van der Waals surface area contributed by atoms with E-state index >= 15 is 0 Å². The Morgan fingerprint density at radius 2 is 2.16 bits per heavy atom. The number of para-hydroxylation sites is 1. The van der Waals surface area contributed by atoms with Crippen molar-refractivity contribution in [3.8, 4) is 0 Å². The average molecular weight is 262 g/mol. The van der Waals surface area contributed by atoms with Gasteiger partial charge < -0.3 is 20.1 Å². The maximum absolute atomic E-state index is 10.4. The maximum Gasteiger partial charge on any atom is 0.306 e. The molecule has 0 saturated carbocycles. The van der Waals surface area contributed by atoms with Crippen LogP contribution in [0.5, 0.6) is 0 Å². The molecule has 1 heterocycles. The Morgan fingerprint density at radius 3 is 2.89 bits per heavy atom. The van der Waals surface area contributed by atoms with Gasteiger partial charge in [0, 0.05) is 37.2 Å². The lowest BCUT2D eigenvalue weighted by atomic mass is 10.1. The van der Waals surface area contributed by atoms with Gasteiger partial charge in [0.1, 0.15) is 0 Å². The molecule has 5 nitrogen and oxygen atoms in total. The van der Waals surface area contributed by atoms with Gasteiger partial charge in [0.15, 0.2) is 0 Å². The lowest BCUT2D eigenvalue weighted by molar-refractivity contribution is -0.139. The zero-order valence-electron chi connectivity index (χ0n) is 10.8. The first-order valence-electron chi connectivity index (χ1n) is 6.21. The first-order chi connectivity index (χ1) is 9.08. The standard InChI is InChI=1S/C14H18N2O3/c1-16-9-10(12-4-2-3-5-13(12)16)7-15-8-11(17)6-14(18)19/h2-5,9,11,15,17H,6-8H2,1H3,(H,18,19). The van der Waals surface area contributed by atoms with Crippen molar-refractivity contribution in [2.45, 2.75) is 19.1 Å². The van der Waals surface area contributed by atoms with Crippen LogP contribution in [0.25, 0.3) is 10.9 Å². The van der Waals surface area contributed by atoms with Gasteiger partial charge in [-0.2, -0.15) is 0 Å². The SMILES string of the molecule is Cn1cc(CNCC(O)CC(=O)O)c2ccccc21. The molecule has 0 fully saturated rings. The van der Waals surface area contributed by atoms with Crippen LogP contribution in [0.2, 0.25) is 0 Å². The lowest BCUT2D eigenvalue weighted by Crippen LogP contribution is -2.28. The molecule has 0 aliphatic carbocycles. The number of hydrogen-bond donors (Lipinski definition) is 3. The van der Waals surface area contributed by atoms with Gasteiger partial charge in [0.2, 0.25) is 0 Å². The number of aromatic nitrogens is 1. The van der Waals surface area contributed by atoms with E-state index in [-0.39, 0.29) is 13.0 Å². The predicted octanol–water partition coefficient (Wildman–Crippen LogP) is 1.10. The molecule has 1 aromatic heterocycles. The highest BCUT2D eigenvalue weighted by Crippen LogP contribution is 2.19. The Morgan fingerprint density at radius 1 is 1.42 bits per heavy atom. The van der Waals surface area contributed by atoms with E-state index in [1.165, 1.54) is 5.39 Å². The quantitative estimate of drug-likeness (QED) is 0.729. The van der Waals surface area contributed by atoms with Crippen molar-refractivity contribution in [3.63, 3.8) is 0 Å². The van der Waals surface area contributed by atoms with Gasteiger partial charge in [-0.15, -0.1) is 0 Å². The summed E-state index contributed by atoms with van der Waals surface area (Å²) < 4.78 is 2.06. The van der Waals surface area contributed by atoms with Crippen molar-refractivity contribution in [1.82, 2.24) is 9.88 Å². The fourth-order valence-electron chi connectivity index (χ4n) is 2.21. The third-order valence-corrected chi connectivity index (χ3v) is 3.09. The van der Waals surface area contributed by atoms with E-state index in [2.05, 4.69) is 22.0 Å². The van der Waals surface area contributed by atoms with Crippen LogP contribution >= 0.6 is 0 Å². The first kappa shape index (κ1) is 13.6. The number of aliphatic hydroxyl groups excluding tert-OH is 1. The fraction of sp³-hybridized carbons (Fsp3) is 0.357. The average Bonchev–Trinajstić information content (AvgIpc) is 2.66. The van der Waals surface area contributed by atoms with Crippen LogP contribution in [0.1, 0.15) is 12.0 Å². The van der Waals surface area contributed by atoms with E-state index < -0.39 is 12.1 Å². The second-order valence-corrected chi connectivity index (χ2v) is 4.66. The molecule has 0 radical (unpaired) electrons. The summed E-state index contributed by atoms with van der Waals surface area (Å²) >= 11 is 0. The van der Waals surface area contributed by atoms with Gasteiger partial charge in [-0.1, -0.05) is 18.2 Å². The molecule has 0 spiro atoms. The molecule has 0 aliphatic rings. The second-order valence-electron chi connectivity index (χ2n) is 4.66. The molecule has 0 aliphatic heterocycles. The topological polar surface area (TPSA) is 74.5 Å².